The van der Waals surface area contributed by atoms with Crippen LogP contribution >= 0.6 is 23.4 Å². The van der Waals surface area contributed by atoms with Gasteiger partial charge in [-0.25, -0.2) is 12.8 Å². The Bertz CT molecular complexity index is 1020. The van der Waals surface area contributed by atoms with E-state index in [2.05, 4.69) is 4.99 Å². The van der Waals surface area contributed by atoms with E-state index in [1.807, 2.05) is 29.2 Å². The van der Waals surface area contributed by atoms with Crippen molar-refractivity contribution in [2.24, 2.45) is 4.99 Å². The molecule has 2 aromatic rings. The summed E-state index contributed by atoms with van der Waals surface area (Å²) in [4.78, 5) is 6.52. The summed E-state index contributed by atoms with van der Waals surface area (Å²) in [6.07, 6.45) is 0. The molecule has 0 saturated carbocycles. The SMILES string of the molecule is COc1cccc(N(Cc2c(F)cccc2Cl)C2=NC3CS(=O)(=O)CC3S2)c1. The summed E-state index contributed by atoms with van der Waals surface area (Å²) in [5.41, 5.74) is 1.13. The van der Waals surface area contributed by atoms with Crippen LogP contribution in [0, 0.1) is 5.82 Å². The molecule has 0 aliphatic carbocycles. The molecule has 0 amide bonds. The average molecular weight is 441 g/mol. The van der Waals surface area contributed by atoms with Crippen LogP contribution in [0.1, 0.15) is 5.56 Å². The average Bonchev–Trinajstić information content (AvgIpc) is 3.15. The maximum Gasteiger partial charge on any atom is 0.164 e. The van der Waals surface area contributed by atoms with Gasteiger partial charge in [-0.1, -0.05) is 35.5 Å². The van der Waals surface area contributed by atoms with Crippen molar-refractivity contribution in [1.29, 1.82) is 0 Å². The molecule has 148 valence electrons. The van der Waals surface area contributed by atoms with Gasteiger partial charge >= 0.3 is 0 Å². The van der Waals surface area contributed by atoms with E-state index >= 15 is 0 Å². The molecule has 0 spiro atoms. The zero-order valence-corrected chi connectivity index (χ0v) is 17.4. The number of amidine groups is 1. The minimum Gasteiger partial charge on any atom is -0.497 e. The fourth-order valence-corrected chi connectivity index (χ4v) is 7.36. The molecule has 9 heteroatoms. The highest BCUT2D eigenvalue weighted by Gasteiger charge is 2.44. The van der Waals surface area contributed by atoms with E-state index in [4.69, 9.17) is 16.3 Å². The Kier molecular flexibility index (Phi) is 5.28. The number of rotatable bonds is 4. The number of thioether (sulfide) groups is 1. The standard InChI is InChI=1S/C19H18ClFN2O3S2/c1-26-13-5-2-4-12(8-13)23(9-14-15(20)6-3-7-16(14)21)19-22-17-10-28(24,25)11-18(17)27-19/h2-8,17-18H,9-11H2,1H3. The number of sulfone groups is 1. The van der Waals surface area contributed by atoms with Crippen LogP contribution in [0.15, 0.2) is 47.5 Å². The van der Waals surface area contributed by atoms with Crippen LogP contribution in [-0.4, -0.2) is 43.5 Å². The lowest BCUT2D eigenvalue weighted by Gasteiger charge is -2.25. The summed E-state index contributed by atoms with van der Waals surface area (Å²) >= 11 is 7.66. The van der Waals surface area contributed by atoms with Crippen LogP contribution in [0.5, 0.6) is 5.75 Å². The van der Waals surface area contributed by atoms with Gasteiger partial charge in [-0.2, -0.15) is 0 Å². The quantitative estimate of drug-likeness (QED) is 0.724. The number of benzene rings is 2. The molecule has 1 fully saturated rings. The topological polar surface area (TPSA) is 59.0 Å². The molecule has 0 radical (unpaired) electrons. The van der Waals surface area contributed by atoms with Gasteiger partial charge in [-0.3, -0.25) is 4.99 Å². The number of aliphatic imine (C=N–C) groups is 1. The van der Waals surface area contributed by atoms with Crippen molar-refractivity contribution >= 4 is 44.1 Å². The van der Waals surface area contributed by atoms with Gasteiger partial charge < -0.3 is 9.64 Å². The fourth-order valence-electron chi connectivity index (χ4n) is 3.36. The highest BCUT2D eigenvalue weighted by Crippen LogP contribution is 2.38. The lowest BCUT2D eigenvalue weighted by Crippen LogP contribution is -2.28. The van der Waals surface area contributed by atoms with Gasteiger partial charge in [0.2, 0.25) is 0 Å². The first-order valence-electron chi connectivity index (χ1n) is 8.65. The maximum absolute atomic E-state index is 14.4. The molecule has 0 bridgehead atoms. The zero-order valence-electron chi connectivity index (χ0n) is 15.0. The van der Waals surface area contributed by atoms with Gasteiger partial charge in [-0.15, -0.1) is 0 Å². The molecule has 0 aromatic heterocycles. The summed E-state index contributed by atoms with van der Waals surface area (Å²) in [5, 5.41) is 0.890. The second-order valence-electron chi connectivity index (χ2n) is 6.70. The van der Waals surface area contributed by atoms with E-state index in [9.17, 15) is 12.8 Å². The number of halogens is 2. The molecule has 2 unspecified atom stereocenters. The van der Waals surface area contributed by atoms with E-state index in [-0.39, 0.29) is 29.3 Å². The number of hydrogen-bond donors (Lipinski definition) is 0. The van der Waals surface area contributed by atoms with Crippen molar-refractivity contribution in [2.75, 3.05) is 23.5 Å². The van der Waals surface area contributed by atoms with Gasteiger partial charge in [0.05, 0.1) is 31.2 Å². The summed E-state index contributed by atoms with van der Waals surface area (Å²) in [6, 6.07) is 11.7. The van der Waals surface area contributed by atoms with Gasteiger partial charge in [0.1, 0.15) is 11.6 Å². The highest BCUT2D eigenvalue weighted by atomic mass is 35.5. The van der Waals surface area contributed by atoms with Crippen molar-refractivity contribution in [1.82, 2.24) is 0 Å². The van der Waals surface area contributed by atoms with Crippen molar-refractivity contribution in [3.05, 3.63) is 58.9 Å². The van der Waals surface area contributed by atoms with Gasteiger partial charge in [-0.05, 0) is 24.3 Å². The summed E-state index contributed by atoms with van der Waals surface area (Å²) in [5.74, 6) is 0.433. The number of hydrogen-bond acceptors (Lipinski definition) is 6. The number of fused-ring (bicyclic) bond motifs is 1. The van der Waals surface area contributed by atoms with Crippen LogP contribution in [0.3, 0.4) is 0 Å². The first-order chi connectivity index (χ1) is 13.4. The van der Waals surface area contributed by atoms with Crippen molar-refractivity contribution < 1.29 is 17.5 Å². The number of anilines is 1. The molecule has 2 aliphatic heterocycles. The number of nitrogens with zero attached hydrogens (tertiary/aromatic N) is 2. The Labute approximate surface area is 172 Å². The number of ether oxygens (including phenoxy) is 1. The Balaban J connectivity index is 1.72. The molecular weight excluding hydrogens is 423 g/mol. The summed E-state index contributed by atoms with van der Waals surface area (Å²) < 4.78 is 43.5. The second-order valence-corrected chi connectivity index (χ2v) is 10.5. The Morgan fingerprint density at radius 2 is 2.07 bits per heavy atom. The first-order valence-corrected chi connectivity index (χ1v) is 11.7. The lowest BCUT2D eigenvalue weighted by atomic mass is 10.2. The van der Waals surface area contributed by atoms with E-state index in [0.29, 0.717) is 21.5 Å². The molecule has 28 heavy (non-hydrogen) atoms. The molecule has 2 atom stereocenters. The molecule has 4 rings (SSSR count). The molecule has 2 heterocycles. The van der Waals surface area contributed by atoms with Gasteiger partial charge in [0.15, 0.2) is 15.0 Å². The predicted octanol–water partition coefficient (Wildman–Crippen LogP) is 3.76. The molecule has 5 nitrogen and oxygen atoms in total. The number of methoxy groups -OCH3 is 1. The normalized spacial score (nSPS) is 22.6. The predicted molar refractivity (Wildman–Crippen MR) is 112 cm³/mol. The van der Waals surface area contributed by atoms with Gasteiger partial charge in [0.25, 0.3) is 0 Å². The van der Waals surface area contributed by atoms with Crippen LogP contribution in [0.2, 0.25) is 5.02 Å². The van der Waals surface area contributed by atoms with Crippen LogP contribution in [-0.2, 0) is 16.4 Å². The van der Waals surface area contributed by atoms with Gasteiger partial charge in [0, 0.05) is 27.6 Å². The largest absolute Gasteiger partial charge is 0.497 e. The summed E-state index contributed by atoms with van der Waals surface area (Å²) in [6.45, 7) is 0.177. The summed E-state index contributed by atoms with van der Waals surface area (Å²) in [7, 11) is -1.47. The highest BCUT2D eigenvalue weighted by molar-refractivity contribution is 8.15. The minimum absolute atomic E-state index is 0.0561. The van der Waals surface area contributed by atoms with Crippen LogP contribution < -0.4 is 9.64 Å². The van der Waals surface area contributed by atoms with Crippen LogP contribution in [0.4, 0.5) is 10.1 Å². The zero-order chi connectivity index (χ0) is 19.9. The minimum atomic E-state index is -3.05. The third kappa shape index (κ3) is 3.86. The molecule has 2 aliphatic rings. The Morgan fingerprint density at radius 3 is 2.79 bits per heavy atom. The Hall–Kier alpha value is -1.77. The smallest absolute Gasteiger partial charge is 0.164 e. The first kappa shape index (κ1) is 19.5. The molecule has 0 N–H and O–H groups in total. The third-order valence-electron chi connectivity index (χ3n) is 4.78. The van der Waals surface area contributed by atoms with E-state index < -0.39 is 15.7 Å². The fraction of sp³-hybridized carbons (Fsp3) is 0.316. The lowest BCUT2D eigenvalue weighted by molar-refractivity contribution is 0.415. The maximum atomic E-state index is 14.4. The van der Waals surface area contributed by atoms with Crippen molar-refractivity contribution in [3.63, 3.8) is 0 Å². The second kappa shape index (κ2) is 7.57. The Morgan fingerprint density at radius 1 is 1.29 bits per heavy atom. The monoisotopic (exact) mass is 440 g/mol. The molecular formula is C19H18ClFN2O3S2. The van der Waals surface area contributed by atoms with Crippen molar-refractivity contribution in [2.45, 2.75) is 17.8 Å². The van der Waals surface area contributed by atoms with E-state index in [1.54, 1.807) is 19.2 Å². The van der Waals surface area contributed by atoms with Crippen molar-refractivity contribution in [3.8, 4) is 5.75 Å². The van der Waals surface area contributed by atoms with Crippen LogP contribution in [0.25, 0.3) is 0 Å². The molecule has 2 aromatic carbocycles. The van der Waals surface area contributed by atoms with E-state index in [0.717, 1.165) is 5.69 Å². The van der Waals surface area contributed by atoms with E-state index in [1.165, 1.54) is 17.8 Å². The third-order valence-corrected chi connectivity index (χ3v) is 8.38. The molecule has 1 saturated heterocycles.